The van der Waals surface area contributed by atoms with E-state index < -0.39 is 0 Å². The highest BCUT2D eigenvalue weighted by atomic mass is 35.5. The Balaban J connectivity index is 2.54. The number of nitrogens with two attached hydrogens (primary N) is 1. The summed E-state index contributed by atoms with van der Waals surface area (Å²) in [6.07, 6.45) is 0. The molecule has 1 unspecified atom stereocenters. The highest BCUT2D eigenvalue weighted by Gasteiger charge is 2.14. The van der Waals surface area contributed by atoms with Gasteiger partial charge in [-0.1, -0.05) is 23.7 Å². The maximum Gasteiger partial charge on any atom is 0.0674 e. The Morgan fingerprint density at radius 1 is 1.37 bits per heavy atom. The molecule has 102 valence electrons. The van der Waals surface area contributed by atoms with Crippen LogP contribution in [0, 0.1) is 13.8 Å². The van der Waals surface area contributed by atoms with Crippen LogP contribution in [0.25, 0.3) is 11.1 Å². The van der Waals surface area contributed by atoms with Crippen molar-refractivity contribution in [3.63, 3.8) is 0 Å². The lowest BCUT2D eigenvalue weighted by Crippen LogP contribution is -2.05. The maximum atomic E-state index is 6.31. The molecule has 0 aliphatic carbocycles. The number of hydrogen-bond acceptors (Lipinski definition) is 2. The zero-order valence-electron chi connectivity index (χ0n) is 11.9. The fraction of sp³-hybridized carbons (Fsp3) is 0.400. The van der Waals surface area contributed by atoms with Crippen LogP contribution < -0.4 is 5.73 Å². The molecule has 3 nitrogen and oxygen atoms in total. The molecule has 0 aliphatic rings. The summed E-state index contributed by atoms with van der Waals surface area (Å²) in [6, 6.07) is 6.01. The first kappa shape index (κ1) is 14.1. The molecule has 0 bridgehead atoms. The minimum Gasteiger partial charge on any atom is -0.324 e. The van der Waals surface area contributed by atoms with E-state index in [1.807, 2.05) is 30.7 Å². The number of hydrogen-bond donors (Lipinski definition) is 1. The smallest absolute Gasteiger partial charge is 0.0674 e. The van der Waals surface area contributed by atoms with Gasteiger partial charge in [-0.25, -0.2) is 0 Å². The Bertz CT molecular complexity index is 600. The topological polar surface area (TPSA) is 43.8 Å². The van der Waals surface area contributed by atoms with Crippen molar-refractivity contribution < 1.29 is 0 Å². The summed E-state index contributed by atoms with van der Waals surface area (Å²) < 4.78 is 2.01. The quantitative estimate of drug-likeness (QED) is 0.926. The van der Waals surface area contributed by atoms with Gasteiger partial charge in [0.25, 0.3) is 0 Å². The molecule has 1 aromatic heterocycles. The van der Waals surface area contributed by atoms with E-state index in [2.05, 4.69) is 25.0 Å². The zero-order valence-corrected chi connectivity index (χ0v) is 12.6. The molecule has 1 heterocycles. The molecular weight excluding hydrogens is 258 g/mol. The second kappa shape index (κ2) is 5.35. The Morgan fingerprint density at radius 2 is 2.05 bits per heavy atom. The van der Waals surface area contributed by atoms with Gasteiger partial charge < -0.3 is 5.73 Å². The van der Waals surface area contributed by atoms with Crippen molar-refractivity contribution >= 4 is 11.6 Å². The zero-order chi connectivity index (χ0) is 14.2. The molecule has 19 heavy (non-hydrogen) atoms. The molecule has 4 heteroatoms. The average Bonchev–Trinajstić information content (AvgIpc) is 2.63. The predicted octanol–water partition coefficient (Wildman–Crippen LogP) is 3.86. The van der Waals surface area contributed by atoms with Crippen LogP contribution >= 0.6 is 11.6 Å². The maximum absolute atomic E-state index is 6.31. The summed E-state index contributed by atoms with van der Waals surface area (Å²) in [4.78, 5) is 0. The summed E-state index contributed by atoms with van der Waals surface area (Å²) in [7, 11) is 0. The fourth-order valence-electron chi connectivity index (χ4n) is 2.47. The second-order valence-corrected chi connectivity index (χ2v) is 5.29. The highest BCUT2D eigenvalue weighted by molar-refractivity contribution is 6.31. The van der Waals surface area contributed by atoms with Crippen molar-refractivity contribution in [3.8, 4) is 11.1 Å². The number of rotatable bonds is 3. The lowest BCUT2D eigenvalue weighted by molar-refractivity contribution is 0.634. The van der Waals surface area contributed by atoms with Gasteiger partial charge in [0.05, 0.1) is 5.69 Å². The van der Waals surface area contributed by atoms with E-state index in [0.29, 0.717) is 0 Å². The van der Waals surface area contributed by atoms with E-state index in [9.17, 15) is 0 Å². The van der Waals surface area contributed by atoms with Gasteiger partial charge in [0.1, 0.15) is 0 Å². The Morgan fingerprint density at radius 3 is 2.53 bits per heavy atom. The number of benzene rings is 1. The molecule has 0 amide bonds. The Kier molecular flexibility index (Phi) is 3.97. The van der Waals surface area contributed by atoms with Crippen molar-refractivity contribution in [2.75, 3.05) is 0 Å². The Hall–Kier alpha value is -1.32. The number of aryl methyl sites for hydroxylation is 2. The summed E-state index contributed by atoms with van der Waals surface area (Å²) >= 11 is 6.31. The third-order valence-corrected chi connectivity index (χ3v) is 3.79. The van der Waals surface area contributed by atoms with Crippen LogP contribution in [0.1, 0.15) is 36.8 Å². The molecule has 1 aromatic carbocycles. The number of nitrogens with zero attached hydrogens (tertiary/aromatic N) is 2. The SMILES string of the molecule is CCn1nc(C)c(-c2ccc(C(C)N)c(Cl)c2)c1C. The van der Waals surface area contributed by atoms with Gasteiger partial charge in [0, 0.05) is 28.9 Å². The van der Waals surface area contributed by atoms with Crippen LogP contribution in [0.3, 0.4) is 0 Å². The average molecular weight is 278 g/mol. The van der Waals surface area contributed by atoms with Gasteiger partial charge in [-0.2, -0.15) is 5.10 Å². The summed E-state index contributed by atoms with van der Waals surface area (Å²) in [6.45, 7) is 9.02. The molecule has 0 saturated heterocycles. The van der Waals surface area contributed by atoms with Crippen molar-refractivity contribution in [2.24, 2.45) is 5.73 Å². The lowest BCUT2D eigenvalue weighted by atomic mass is 10.00. The third kappa shape index (κ3) is 2.53. The summed E-state index contributed by atoms with van der Waals surface area (Å²) in [5, 5.41) is 5.26. The first-order valence-corrected chi connectivity index (χ1v) is 6.92. The minimum absolute atomic E-state index is 0.0536. The first-order chi connectivity index (χ1) is 8.95. The van der Waals surface area contributed by atoms with E-state index in [1.54, 1.807) is 0 Å². The highest BCUT2D eigenvalue weighted by Crippen LogP contribution is 2.31. The molecular formula is C15H20ClN3. The summed E-state index contributed by atoms with van der Waals surface area (Å²) in [5.41, 5.74) is 11.3. The van der Waals surface area contributed by atoms with Gasteiger partial charge >= 0.3 is 0 Å². The van der Waals surface area contributed by atoms with Crippen LogP contribution in [0.2, 0.25) is 5.02 Å². The normalized spacial score (nSPS) is 12.7. The van der Waals surface area contributed by atoms with E-state index in [0.717, 1.165) is 28.4 Å². The standard InChI is InChI=1S/C15H20ClN3/c1-5-19-11(4)15(10(3)18-19)12-6-7-13(9(2)17)14(16)8-12/h6-9H,5,17H2,1-4H3. The van der Waals surface area contributed by atoms with E-state index >= 15 is 0 Å². The van der Waals surface area contributed by atoms with Gasteiger partial charge in [0.2, 0.25) is 0 Å². The van der Waals surface area contributed by atoms with Crippen molar-refractivity contribution in [3.05, 3.63) is 40.2 Å². The van der Waals surface area contributed by atoms with Crippen LogP contribution in [0.4, 0.5) is 0 Å². The van der Waals surface area contributed by atoms with E-state index in [4.69, 9.17) is 17.3 Å². The molecule has 0 fully saturated rings. The largest absolute Gasteiger partial charge is 0.324 e. The van der Waals surface area contributed by atoms with Crippen LogP contribution in [-0.2, 0) is 6.54 Å². The van der Waals surface area contributed by atoms with Crippen molar-refractivity contribution in [1.29, 1.82) is 0 Å². The molecule has 0 aliphatic heterocycles. The molecule has 0 spiro atoms. The van der Waals surface area contributed by atoms with Crippen LogP contribution in [-0.4, -0.2) is 9.78 Å². The minimum atomic E-state index is -0.0536. The Labute approximate surface area is 119 Å². The lowest BCUT2D eigenvalue weighted by Gasteiger charge is -2.10. The van der Waals surface area contributed by atoms with Crippen molar-refractivity contribution in [1.82, 2.24) is 9.78 Å². The van der Waals surface area contributed by atoms with Gasteiger partial charge in [-0.3, -0.25) is 4.68 Å². The fourth-order valence-corrected chi connectivity index (χ4v) is 2.83. The van der Waals surface area contributed by atoms with Gasteiger partial charge in [-0.05, 0) is 44.9 Å². The van der Waals surface area contributed by atoms with Crippen LogP contribution in [0.15, 0.2) is 18.2 Å². The molecule has 2 N–H and O–H groups in total. The van der Waals surface area contributed by atoms with E-state index in [-0.39, 0.29) is 6.04 Å². The number of halogens is 1. The summed E-state index contributed by atoms with van der Waals surface area (Å²) in [5.74, 6) is 0. The molecule has 2 aromatic rings. The van der Waals surface area contributed by atoms with Crippen molar-refractivity contribution in [2.45, 2.75) is 40.3 Å². The molecule has 1 atom stereocenters. The van der Waals surface area contributed by atoms with Gasteiger partial charge in [-0.15, -0.1) is 0 Å². The predicted molar refractivity (Wildman–Crippen MR) is 80.4 cm³/mol. The molecule has 0 saturated carbocycles. The monoisotopic (exact) mass is 277 g/mol. The van der Waals surface area contributed by atoms with Gasteiger partial charge in [0.15, 0.2) is 0 Å². The number of aromatic nitrogens is 2. The molecule has 0 radical (unpaired) electrons. The second-order valence-electron chi connectivity index (χ2n) is 4.89. The third-order valence-electron chi connectivity index (χ3n) is 3.46. The van der Waals surface area contributed by atoms with Crippen LogP contribution in [0.5, 0.6) is 0 Å². The molecule has 2 rings (SSSR count). The van der Waals surface area contributed by atoms with E-state index in [1.165, 1.54) is 11.3 Å². The first-order valence-electron chi connectivity index (χ1n) is 6.55.